The number of carbonyl (C=O) groups excluding carboxylic acids is 1. The lowest BCUT2D eigenvalue weighted by molar-refractivity contribution is -0.384. The number of likely N-dealkylation sites (tertiary alicyclic amines) is 1. The molecule has 1 aromatic carbocycles. The van der Waals surface area contributed by atoms with E-state index in [1.807, 2.05) is 20.8 Å². The van der Waals surface area contributed by atoms with Gasteiger partial charge < -0.3 is 15.0 Å². The van der Waals surface area contributed by atoms with E-state index in [1.165, 1.54) is 6.07 Å². The standard InChI is InChI=1S/C18H24BrN3O4/c1-17(2,3)26-16(23)21-11-18(8-4-5-13(21)10-18)20-14-9-12(19)6-7-15(14)22(24)25/h6-7,9,13,20H,4-5,8,10-11H2,1-3H3. The molecule has 1 saturated carbocycles. The molecule has 1 aromatic rings. The number of halogens is 1. The molecule has 2 atom stereocenters. The lowest BCUT2D eigenvalue weighted by Crippen LogP contribution is -2.43. The Morgan fingerprint density at radius 3 is 2.85 bits per heavy atom. The van der Waals surface area contributed by atoms with E-state index in [4.69, 9.17) is 4.74 Å². The first-order valence-electron chi connectivity index (χ1n) is 8.80. The van der Waals surface area contributed by atoms with Gasteiger partial charge in [0.2, 0.25) is 0 Å². The van der Waals surface area contributed by atoms with Crippen LogP contribution in [0.1, 0.15) is 46.5 Å². The highest BCUT2D eigenvalue weighted by Crippen LogP contribution is 2.43. The molecule has 26 heavy (non-hydrogen) atoms. The molecule has 7 nitrogen and oxygen atoms in total. The summed E-state index contributed by atoms with van der Waals surface area (Å²) in [6, 6.07) is 4.99. The van der Waals surface area contributed by atoms with Crippen molar-refractivity contribution in [3.63, 3.8) is 0 Å². The maximum atomic E-state index is 12.6. The first kappa shape index (κ1) is 18.9. The molecule has 1 heterocycles. The molecule has 8 heteroatoms. The van der Waals surface area contributed by atoms with Gasteiger partial charge in [0.15, 0.2) is 0 Å². The lowest BCUT2D eigenvalue weighted by Gasteiger charge is -2.33. The van der Waals surface area contributed by atoms with Crippen LogP contribution in [-0.4, -0.2) is 39.6 Å². The van der Waals surface area contributed by atoms with E-state index >= 15 is 0 Å². The summed E-state index contributed by atoms with van der Waals surface area (Å²) in [6.45, 7) is 6.06. The fourth-order valence-corrected chi connectivity index (χ4v) is 4.30. The molecular formula is C18H24BrN3O4. The van der Waals surface area contributed by atoms with E-state index < -0.39 is 5.60 Å². The smallest absolute Gasteiger partial charge is 0.410 e. The summed E-state index contributed by atoms with van der Waals surface area (Å²) in [5.74, 6) is 0. The minimum absolute atomic E-state index is 0.0421. The van der Waals surface area contributed by atoms with E-state index in [2.05, 4.69) is 21.2 Å². The van der Waals surface area contributed by atoms with E-state index in [-0.39, 0.29) is 28.3 Å². The Labute approximate surface area is 161 Å². The largest absolute Gasteiger partial charge is 0.444 e. The minimum Gasteiger partial charge on any atom is -0.444 e. The Bertz CT molecular complexity index is 734. The molecule has 1 aliphatic carbocycles. The molecule has 2 bridgehead atoms. The van der Waals surface area contributed by atoms with Gasteiger partial charge in [-0.15, -0.1) is 0 Å². The normalized spacial score (nSPS) is 25.1. The second kappa shape index (κ2) is 6.72. The van der Waals surface area contributed by atoms with Gasteiger partial charge in [0.1, 0.15) is 11.3 Å². The third-order valence-electron chi connectivity index (χ3n) is 4.92. The molecule has 142 valence electrons. The summed E-state index contributed by atoms with van der Waals surface area (Å²) in [5, 5.41) is 14.8. The van der Waals surface area contributed by atoms with Crippen molar-refractivity contribution < 1.29 is 14.5 Å². The van der Waals surface area contributed by atoms with Gasteiger partial charge in [-0.1, -0.05) is 15.9 Å². The number of amides is 1. The fourth-order valence-electron chi connectivity index (χ4n) is 3.94. The molecule has 3 rings (SSSR count). The molecule has 1 N–H and O–H groups in total. The third-order valence-corrected chi connectivity index (χ3v) is 5.41. The summed E-state index contributed by atoms with van der Waals surface area (Å²) in [5.41, 5.74) is -0.375. The Morgan fingerprint density at radius 2 is 2.19 bits per heavy atom. The van der Waals surface area contributed by atoms with Gasteiger partial charge in [0.25, 0.3) is 5.69 Å². The van der Waals surface area contributed by atoms with Crippen LogP contribution in [0, 0.1) is 10.1 Å². The van der Waals surface area contributed by atoms with Gasteiger partial charge in [-0.3, -0.25) is 10.1 Å². The van der Waals surface area contributed by atoms with Gasteiger partial charge in [-0.05, 0) is 58.6 Å². The van der Waals surface area contributed by atoms with E-state index in [9.17, 15) is 14.9 Å². The Balaban J connectivity index is 1.84. The van der Waals surface area contributed by atoms with Crippen molar-refractivity contribution in [3.8, 4) is 0 Å². The fraction of sp³-hybridized carbons (Fsp3) is 0.611. The van der Waals surface area contributed by atoms with Crippen molar-refractivity contribution in [2.45, 2.75) is 63.6 Å². The number of nitrogens with one attached hydrogen (secondary N) is 1. The van der Waals surface area contributed by atoms with E-state index in [1.54, 1.807) is 17.0 Å². The maximum absolute atomic E-state index is 12.6. The van der Waals surface area contributed by atoms with Crippen LogP contribution in [0.4, 0.5) is 16.2 Å². The molecule has 0 radical (unpaired) electrons. The predicted molar refractivity (Wildman–Crippen MR) is 102 cm³/mol. The van der Waals surface area contributed by atoms with Gasteiger partial charge >= 0.3 is 6.09 Å². The van der Waals surface area contributed by atoms with Crippen LogP contribution in [0.25, 0.3) is 0 Å². The molecule has 2 fully saturated rings. The third kappa shape index (κ3) is 3.95. The Kier molecular flexibility index (Phi) is 4.90. The number of hydrogen-bond acceptors (Lipinski definition) is 5. The van der Waals surface area contributed by atoms with Crippen molar-refractivity contribution >= 4 is 33.4 Å². The van der Waals surface area contributed by atoms with Crippen LogP contribution < -0.4 is 5.32 Å². The number of hydrogen-bond donors (Lipinski definition) is 1. The highest BCUT2D eigenvalue weighted by Gasteiger charge is 2.49. The van der Waals surface area contributed by atoms with Crippen LogP contribution >= 0.6 is 15.9 Å². The zero-order valence-electron chi connectivity index (χ0n) is 15.3. The number of nitro benzene ring substituents is 1. The summed E-state index contributed by atoms with van der Waals surface area (Å²) in [7, 11) is 0. The first-order chi connectivity index (χ1) is 12.1. The second-order valence-electron chi connectivity index (χ2n) is 8.18. The monoisotopic (exact) mass is 425 g/mol. The number of benzene rings is 1. The minimum atomic E-state index is -0.544. The van der Waals surface area contributed by atoms with Crippen LogP contribution in [0.2, 0.25) is 0 Å². The zero-order valence-corrected chi connectivity index (χ0v) is 16.8. The van der Waals surface area contributed by atoms with Gasteiger partial charge in [-0.2, -0.15) is 0 Å². The van der Waals surface area contributed by atoms with Crippen LogP contribution in [0.15, 0.2) is 22.7 Å². The van der Waals surface area contributed by atoms with Crippen molar-refractivity contribution in [1.82, 2.24) is 4.90 Å². The number of carbonyl (C=O) groups is 1. The number of rotatable bonds is 3. The lowest BCUT2D eigenvalue weighted by atomic mass is 9.83. The van der Waals surface area contributed by atoms with Crippen LogP contribution in [-0.2, 0) is 4.74 Å². The van der Waals surface area contributed by atoms with Crippen molar-refractivity contribution in [1.29, 1.82) is 0 Å². The molecule has 1 saturated heterocycles. The highest BCUT2D eigenvalue weighted by molar-refractivity contribution is 9.10. The van der Waals surface area contributed by atoms with Gasteiger partial charge in [0.05, 0.1) is 10.5 Å². The summed E-state index contributed by atoms with van der Waals surface area (Å²) in [4.78, 5) is 25.4. The van der Waals surface area contributed by atoms with Crippen LogP contribution in [0.5, 0.6) is 0 Å². The topological polar surface area (TPSA) is 84.7 Å². The van der Waals surface area contributed by atoms with Crippen molar-refractivity contribution in [2.24, 2.45) is 0 Å². The van der Waals surface area contributed by atoms with E-state index in [0.717, 1.165) is 30.2 Å². The maximum Gasteiger partial charge on any atom is 0.410 e. The molecule has 2 aliphatic rings. The molecule has 0 aromatic heterocycles. The molecule has 1 aliphatic heterocycles. The number of ether oxygens (including phenoxy) is 1. The molecular weight excluding hydrogens is 402 g/mol. The highest BCUT2D eigenvalue weighted by atomic mass is 79.9. The summed E-state index contributed by atoms with van der Waals surface area (Å²) < 4.78 is 6.32. The van der Waals surface area contributed by atoms with Crippen molar-refractivity contribution in [2.75, 3.05) is 11.9 Å². The Hall–Kier alpha value is -1.83. The molecule has 0 spiro atoms. The van der Waals surface area contributed by atoms with E-state index in [0.29, 0.717) is 12.2 Å². The number of fused-ring (bicyclic) bond motifs is 2. The SMILES string of the molecule is CC(C)(C)OC(=O)N1CC2(Nc3cc(Br)ccc3[N+](=O)[O-])CCCC1C2. The summed E-state index contributed by atoms with van der Waals surface area (Å²) in [6.07, 6.45) is 3.24. The second-order valence-corrected chi connectivity index (χ2v) is 9.10. The molecule has 1 amide bonds. The quantitative estimate of drug-likeness (QED) is 0.560. The zero-order chi connectivity index (χ0) is 19.1. The average Bonchev–Trinajstić information content (AvgIpc) is 2.76. The van der Waals surface area contributed by atoms with Crippen LogP contribution in [0.3, 0.4) is 0 Å². The number of anilines is 1. The first-order valence-corrected chi connectivity index (χ1v) is 9.60. The summed E-state index contributed by atoms with van der Waals surface area (Å²) >= 11 is 3.38. The van der Waals surface area contributed by atoms with Crippen molar-refractivity contribution in [3.05, 3.63) is 32.8 Å². The predicted octanol–water partition coefficient (Wildman–Crippen LogP) is 4.70. The number of nitro groups is 1. The van der Waals surface area contributed by atoms with Gasteiger partial charge in [-0.25, -0.2) is 4.79 Å². The van der Waals surface area contributed by atoms with Gasteiger partial charge in [0, 0.05) is 23.1 Å². The Morgan fingerprint density at radius 1 is 1.46 bits per heavy atom. The number of nitrogens with zero attached hydrogens (tertiary/aromatic N) is 2. The molecule has 2 unspecified atom stereocenters. The average molecular weight is 426 g/mol.